The van der Waals surface area contributed by atoms with Gasteiger partial charge in [-0.25, -0.2) is 4.68 Å². The van der Waals surface area contributed by atoms with Gasteiger partial charge >= 0.3 is 0 Å². The van der Waals surface area contributed by atoms with Gasteiger partial charge in [0, 0.05) is 0 Å². The van der Waals surface area contributed by atoms with E-state index in [1.54, 1.807) is 0 Å². The van der Waals surface area contributed by atoms with Crippen molar-refractivity contribution in [2.24, 2.45) is 0 Å². The summed E-state index contributed by atoms with van der Waals surface area (Å²) >= 11 is 6.04. The van der Waals surface area contributed by atoms with Gasteiger partial charge < -0.3 is 4.74 Å². The van der Waals surface area contributed by atoms with Gasteiger partial charge in [0.05, 0.1) is 12.2 Å². The Kier molecular flexibility index (Phi) is 4.45. The summed E-state index contributed by atoms with van der Waals surface area (Å²) in [6.45, 7) is 6.12. The molecule has 0 amide bonds. The van der Waals surface area contributed by atoms with Gasteiger partial charge in [0.25, 0.3) is 5.56 Å². The molecule has 0 radical (unpaired) electrons. The number of ether oxygens (including phenoxy) is 1. The molecule has 5 heteroatoms. The molecule has 106 valence electrons. The third kappa shape index (κ3) is 3.20. The molecule has 0 fully saturated rings. The normalized spacial score (nSPS) is 10.8. The quantitative estimate of drug-likeness (QED) is 0.868. The van der Waals surface area contributed by atoms with Crippen molar-refractivity contribution >= 4 is 11.6 Å². The lowest BCUT2D eigenvalue weighted by Gasteiger charge is -2.12. The smallest absolute Gasteiger partial charge is 0.289 e. The van der Waals surface area contributed by atoms with Gasteiger partial charge in [-0.3, -0.25) is 4.79 Å². The van der Waals surface area contributed by atoms with E-state index in [2.05, 4.69) is 5.10 Å². The molecular weight excluding hydrogens is 276 g/mol. The molecule has 1 aromatic carbocycles. The summed E-state index contributed by atoms with van der Waals surface area (Å²) in [6, 6.07) is 7.94. The van der Waals surface area contributed by atoms with Crippen molar-refractivity contribution in [2.45, 2.75) is 33.4 Å². The number of hydrogen-bond acceptors (Lipinski definition) is 3. The largest absolute Gasteiger partial charge is 0.485 e. The van der Waals surface area contributed by atoms with Crippen LogP contribution in [0.5, 0.6) is 5.75 Å². The Morgan fingerprint density at radius 3 is 2.55 bits per heavy atom. The predicted molar refractivity (Wildman–Crippen MR) is 79.4 cm³/mol. The zero-order chi connectivity index (χ0) is 14.7. The Balaban J connectivity index is 2.16. The third-order valence-electron chi connectivity index (χ3n) is 2.92. The van der Waals surface area contributed by atoms with Crippen molar-refractivity contribution in [3.63, 3.8) is 0 Å². The van der Waals surface area contributed by atoms with E-state index in [0.29, 0.717) is 12.4 Å². The van der Waals surface area contributed by atoms with Gasteiger partial charge in [-0.1, -0.05) is 41.4 Å². The van der Waals surface area contributed by atoms with Crippen LogP contribution in [0.3, 0.4) is 0 Å². The second-order valence-corrected chi connectivity index (χ2v) is 5.32. The van der Waals surface area contributed by atoms with Crippen LogP contribution in [-0.4, -0.2) is 9.78 Å². The SMILES string of the molecule is Cc1ccc(COc2cnn(C(C)C)c(=O)c2Cl)cc1. The topological polar surface area (TPSA) is 44.1 Å². The summed E-state index contributed by atoms with van der Waals surface area (Å²) in [5.41, 5.74) is 1.87. The van der Waals surface area contributed by atoms with Crippen molar-refractivity contribution in [2.75, 3.05) is 0 Å². The number of hydrogen-bond donors (Lipinski definition) is 0. The Labute approximate surface area is 123 Å². The fraction of sp³-hybridized carbons (Fsp3) is 0.333. The maximum atomic E-state index is 12.0. The average molecular weight is 293 g/mol. The summed E-state index contributed by atoms with van der Waals surface area (Å²) in [4.78, 5) is 12.0. The minimum absolute atomic E-state index is 0.0360. The zero-order valence-electron chi connectivity index (χ0n) is 11.8. The molecule has 2 rings (SSSR count). The molecule has 1 aromatic heterocycles. The molecule has 0 N–H and O–H groups in total. The van der Waals surface area contributed by atoms with Crippen LogP contribution in [0.15, 0.2) is 35.3 Å². The first-order valence-electron chi connectivity index (χ1n) is 6.44. The van der Waals surface area contributed by atoms with Crippen LogP contribution >= 0.6 is 11.6 Å². The van der Waals surface area contributed by atoms with Gasteiger partial charge in [0.2, 0.25) is 0 Å². The summed E-state index contributed by atoms with van der Waals surface area (Å²) in [7, 11) is 0. The number of halogens is 1. The van der Waals surface area contributed by atoms with Crippen LogP contribution < -0.4 is 10.3 Å². The van der Waals surface area contributed by atoms with Gasteiger partial charge in [0.1, 0.15) is 6.61 Å². The van der Waals surface area contributed by atoms with Crippen LogP contribution in [-0.2, 0) is 6.61 Å². The van der Waals surface area contributed by atoms with Gasteiger partial charge in [-0.05, 0) is 26.3 Å². The lowest BCUT2D eigenvalue weighted by Crippen LogP contribution is -2.25. The van der Waals surface area contributed by atoms with E-state index in [-0.39, 0.29) is 16.6 Å². The highest BCUT2D eigenvalue weighted by Crippen LogP contribution is 2.20. The molecule has 0 bridgehead atoms. The first-order valence-corrected chi connectivity index (χ1v) is 6.82. The molecule has 0 unspecified atom stereocenters. The number of nitrogens with zero attached hydrogens (tertiary/aromatic N) is 2. The highest BCUT2D eigenvalue weighted by Gasteiger charge is 2.12. The molecule has 2 aromatic rings. The van der Waals surface area contributed by atoms with Gasteiger partial charge in [0.15, 0.2) is 10.8 Å². The van der Waals surface area contributed by atoms with Crippen molar-refractivity contribution in [1.82, 2.24) is 9.78 Å². The highest BCUT2D eigenvalue weighted by molar-refractivity contribution is 6.31. The van der Waals surface area contributed by atoms with Gasteiger partial charge in [-0.15, -0.1) is 0 Å². The summed E-state index contributed by atoms with van der Waals surface area (Å²) in [5.74, 6) is 0.314. The van der Waals surface area contributed by atoms with E-state index < -0.39 is 0 Å². The molecule has 0 spiro atoms. The monoisotopic (exact) mass is 292 g/mol. The third-order valence-corrected chi connectivity index (χ3v) is 3.26. The summed E-state index contributed by atoms with van der Waals surface area (Å²) in [6.07, 6.45) is 1.48. The Hall–Kier alpha value is -1.81. The fourth-order valence-electron chi connectivity index (χ4n) is 1.74. The van der Waals surface area contributed by atoms with Crippen molar-refractivity contribution in [1.29, 1.82) is 0 Å². The second kappa shape index (κ2) is 6.09. The predicted octanol–water partition coefficient (Wildman–Crippen LogP) is 3.37. The Bertz CT molecular complexity index is 648. The van der Waals surface area contributed by atoms with Crippen molar-refractivity contribution < 1.29 is 4.74 Å². The Morgan fingerprint density at radius 1 is 1.30 bits per heavy atom. The second-order valence-electron chi connectivity index (χ2n) is 4.94. The minimum Gasteiger partial charge on any atom is -0.485 e. The lowest BCUT2D eigenvalue weighted by atomic mass is 10.2. The van der Waals surface area contributed by atoms with E-state index in [1.807, 2.05) is 45.0 Å². The Morgan fingerprint density at radius 2 is 1.95 bits per heavy atom. The van der Waals surface area contributed by atoms with Crippen LogP contribution in [0, 0.1) is 6.92 Å². The van der Waals surface area contributed by atoms with Crippen molar-refractivity contribution in [3.05, 3.63) is 57.0 Å². The van der Waals surface area contributed by atoms with E-state index in [4.69, 9.17) is 16.3 Å². The fourth-order valence-corrected chi connectivity index (χ4v) is 1.93. The molecule has 0 aliphatic carbocycles. The van der Waals surface area contributed by atoms with Gasteiger partial charge in [-0.2, -0.15) is 5.10 Å². The molecule has 20 heavy (non-hydrogen) atoms. The van der Waals surface area contributed by atoms with Crippen molar-refractivity contribution in [3.8, 4) is 5.75 Å². The van der Waals surface area contributed by atoms with Crippen LogP contribution in [0.1, 0.15) is 31.0 Å². The average Bonchev–Trinajstić information content (AvgIpc) is 2.42. The molecule has 0 atom stereocenters. The molecule has 0 aliphatic rings. The first-order chi connectivity index (χ1) is 9.49. The zero-order valence-corrected chi connectivity index (χ0v) is 12.5. The molecule has 0 saturated carbocycles. The van der Waals surface area contributed by atoms with E-state index >= 15 is 0 Å². The minimum atomic E-state index is -0.330. The summed E-state index contributed by atoms with van der Waals surface area (Å²) < 4.78 is 6.90. The van der Waals surface area contributed by atoms with E-state index in [0.717, 1.165) is 5.56 Å². The van der Waals surface area contributed by atoms with Crippen LogP contribution in [0.25, 0.3) is 0 Å². The lowest BCUT2D eigenvalue weighted by molar-refractivity contribution is 0.301. The maximum absolute atomic E-state index is 12.0. The first kappa shape index (κ1) is 14.6. The van der Waals surface area contributed by atoms with Crippen LogP contribution in [0.2, 0.25) is 5.02 Å². The number of aryl methyl sites for hydroxylation is 1. The molecular formula is C15H17ClN2O2. The van der Waals surface area contributed by atoms with E-state index in [1.165, 1.54) is 16.4 Å². The maximum Gasteiger partial charge on any atom is 0.289 e. The van der Waals surface area contributed by atoms with E-state index in [9.17, 15) is 4.79 Å². The number of benzene rings is 1. The standard InChI is InChI=1S/C15H17ClN2O2/c1-10(2)18-15(19)14(16)13(8-17-18)20-9-12-6-4-11(3)5-7-12/h4-8,10H,9H2,1-3H3. The molecule has 0 saturated heterocycles. The van der Waals surface area contributed by atoms with Crippen LogP contribution in [0.4, 0.5) is 0 Å². The molecule has 0 aliphatic heterocycles. The number of rotatable bonds is 4. The number of aromatic nitrogens is 2. The molecule has 4 nitrogen and oxygen atoms in total. The molecule has 1 heterocycles. The summed E-state index contributed by atoms with van der Waals surface area (Å²) in [5, 5.41) is 4.13. The highest BCUT2D eigenvalue weighted by atomic mass is 35.5.